The van der Waals surface area contributed by atoms with Crippen molar-refractivity contribution in [2.75, 3.05) is 17.7 Å². The Morgan fingerprint density at radius 1 is 1.17 bits per heavy atom. The van der Waals surface area contributed by atoms with Crippen molar-refractivity contribution in [1.29, 1.82) is 0 Å². The van der Waals surface area contributed by atoms with E-state index in [0.29, 0.717) is 10.7 Å². The van der Waals surface area contributed by atoms with Crippen molar-refractivity contribution in [3.05, 3.63) is 57.5 Å². The molecule has 0 fully saturated rings. The lowest BCUT2D eigenvalue weighted by Gasteiger charge is -2.21. The Kier molecular flexibility index (Phi) is 4.15. The van der Waals surface area contributed by atoms with Crippen molar-refractivity contribution in [3.63, 3.8) is 0 Å². The number of benzene rings is 2. The summed E-state index contributed by atoms with van der Waals surface area (Å²) < 4.78 is 1.08. The Morgan fingerprint density at radius 3 is 2.44 bits per heavy atom. The van der Waals surface area contributed by atoms with E-state index in [4.69, 9.17) is 17.3 Å². The third kappa shape index (κ3) is 3.18. The van der Waals surface area contributed by atoms with Gasteiger partial charge in [-0.1, -0.05) is 39.7 Å². The van der Waals surface area contributed by atoms with Crippen molar-refractivity contribution in [1.82, 2.24) is 0 Å². The predicted octanol–water partition coefficient (Wildman–Crippen LogP) is 4.32. The highest BCUT2D eigenvalue weighted by Gasteiger charge is 2.07. The Balaban J connectivity index is 2.16. The van der Waals surface area contributed by atoms with E-state index in [1.165, 1.54) is 5.56 Å². The molecule has 94 valence electrons. The molecule has 2 N–H and O–H groups in total. The van der Waals surface area contributed by atoms with E-state index in [1.54, 1.807) is 6.07 Å². The van der Waals surface area contributed by atoms with Crippen LogP contribution >= 0.6 is 27.5 Å². The van der Waals surface area contributed by atoms with Gasteiger partial charge in [0.1, 0.15) is 0 Å². The van der Waals surface area contributed by atoms with Crippen LogP contribution < -0.4 is 10.6 Å². The van der Waals surface area contributed by atoms with Crippen LogP contribution in [0.25, 0.3) is 0 Å². The Bertz CT molecular complexity index is 540. The van der Waals surface area contributed by atoms with Crippen LogP contribution in [0.5, 0.6) is 0 Å². The monoisotopic (exact) mass is 324 g/mol. The Hall–Kier alpha value is -1.19. The van der Waals surface area contributed by atoms with Crippen molar-refractivity contribution >= 4 is 38.9 Å². The molecule has 2 aromatic carbocycles. The molecule has 0 radical (unpaired) electrons. The van der Waals surface area contributed by atoms with E-state index in [0.717, 1.165) is 16.7 Å². The van der Waals surface area contributed by atoms with Gasteiger partial charge in [-0.05, 0) is 35.9 Å². The molecular formula is C14H14BrClN2. The summed E-state index contributed by atoms with van der Waals surface area (Å²) in [5.41, 5.74) is 8.58. The summed E-state index contributed by atoms with van der Waals surface area (Å²) in [6, 6.07) is 13.8. The molecule has 0 bridgehead atoms. The molecule has 0 saturated carbocycles. The Morgan fingerprint density at radius 2 is 1.83 bits per heavy atom. The molecule has 0 heterocycles. The molecular weight excluding hydrogens is 312 g/mol. The molecule has 0 amide bonds. The first kappa shape index (κ1) is 13.2. The molecule has 0 aromatic heterocycles. The van der Waals surface area contributed by atoms with Gasteiger partial charge in [0.05, 0.1) is 10.7 Å². The lowest BCUT2D eigenvalue weighted by Crippen LogP contribution is -2.16. The quantitative estimate of drug-likeness (QED) is 0.852. The zero-order chi connectivity index (χ0) is 13.1. The normalized spacial score (nSPS) is 10.4. The lowest BCUT2D eigenvalue weighted by atomic mass is 10.2. The number of nitrogens with zero attached hydrogens (tertiary/aromatic N) is 1. The zero-order valence-corrected chi connectivity index (χ0v) is 12.4. The largest absolute Gasteiger partial charge is 0.399 e. The van der Waals surface area contributed by atoms with Crippen molar-refractivity contribution in [3.8, 4) is 0 Å². The summed E-state index contributed by atoms with van der Waals surface area (Å²) in [7, 11) is 2.01. The minimum Gasteiger partial charge on any atom is -0.399 e. The minimum absolute atomic E-state index is 0.676. The van der Waals surface area contributed by atoms with Gasteiger partial charge in [0.15, 0.2) is 0 Å². The van der Waals surface area contributed by atoms with E-state index in [-0.39, 0.29) is 0 Å². The van der Waals surface area contributed by atoms with Gasteiger partial charge >= 0.3 is 0 Å². The van der Waals surface area contributed by atoms with Crippen molar-refractivity contribution in [2.24, 2.45) is 0 Å². The maximum atomic E-state index is 6.19. The standard InChI is InChI=1S/C14H14BrClN2/c1-18(9-10-2-4-11(15)5-3-10)14-7-6-12(17)8-13(14)16/h2-8H,9,17H2,1H3. The topological polar surface area (TPSA) is 29.3 Å². The molecule has 2 rings (SSSR count). The molecule has 4 heteroatoms. The maximum Gasteiger partial charge on any atom is 0.0660 e. The molecule has 2 aromatic rings. The summed E-state index contributed by atoms with van der Waals surface area (Å²) >= 11 is 9.61. The highest BCUT2D eigenvalue weighted by atomic mass is 79.9. The highest BCUT2D eigenvalue weighted by molar-refractivity contribution is 9.10. The fourth-order valence-corrected chi connectivity index (χ4v) is 2.38. The molecule has 0 aliphatic carbocycles. The number of halogens is 2. The van der Waals surface area contributed by atoms with Crippen LogP contribution in [0.15, 0.2) is 46.9 Å². The fraction of sp³-hybridized carbons (Fsp3) is 0.143. The zero-order valence-electron chi connectivity index (χ0n) is 10.0. The van der Waals surface area contributed by atoms with Crippen molar-refractivity contribution in [2.45, 2.75) is 6.54 Å². The molecule has 0 atom stereocenters. The summed E-state index contributed by atoms with van der Waals surface area (Å²) in [4.78, 5) is 2.10. The first-order valence-corrected chi connectivity index (χ1v) is 6.74. The summed E-state index contributed by atoms with van der Waals surface area (Å²) in [6.07, 6.45) is 0. The number of hydrogen-bond donors (Lipinski definition) is 1. The molecule has 18 heavy (non-hydrogen) atoms. The van der Waals surface area contributed by atoms with Gasteiger partial charge in [-0.15, -0.1) is 0 Å². The summed E-state index contributed by atoms with van der Waals surface area (Å²) in [5, 5.41) is 0.676. The van der Waals surface area contributed by atoms with E-state index >= 15 is 0 Å². The Labute approximate surface area is 120 Å². The van der Waals surface area contributed by atoms with Crippen LogP contribution in [0.2, 0.25) is 5.02 Å². The van der Waals surface area contributed by atoms with Gasteiger partial charge in [-0.3, -0.25) is 0 Å². The number of nitrogens with two attached hydrogens (primary N) is 1. The van der Waals surface area contributed by atoms with E-state index < -0.39 is 0 Å². The average Bonchev–Trinajstić information content (AvgIpc) is 2.32. The van der Waals surface area contributed by atoms with Crippen LogP contribution in [0.4, 0.5) is 11.4 Å². The van der Waals surface area contributed by atoms with Crippen LogP contribution in [0.3, 0.4) is 0 Å². The molecule has 0 aliphatic rings. The molecule has 0 aliphatic heterocycles. The molecule has 2 nitrogen and oxygen atoms in total. The van der Waals surface area contributed by atoms with Gasteiger partial charge < -0.3 is 10.6 Å². The summed E-state index contributed by atoms with van der Waals surface area (Å²) in [5.74, 6) is 0. The number of anilines is 2. The molecule has 0 saturated heterocycles. The maximum absolute atomic E-state index is 6.19. The van der Waals surface area contributed by atoms with Gasteiger partial charge in [-0.2, -0.15) is 0 Å². The number of nitrogen functional groups attached to an aromatic ring is 1. The second-order valence-corrected chi connectivity index (χ2v) is 5.52. The highest BCUT2D eigenvalue weighted by Crippen LogP contribution is 2.28. The molecule has 0 spiro atoms. The number of rotatable bonds is 3. The summed E-state index contributed by atoms with van der Waals surface area (Å²) in [6.45, 7) is 0.802. The fourth-order valence-electron chi connectivity index (χ4n) is 1.78. The van der Waals surface area contributed by atoms with Crippen LogP contribution in [0, 0.1) is 0 Å². The first-order chi connectivity index (χ1) is 8.56. The minimum atomic E-state index is 0.676. The average molecular weight is 326 g/mol. The van der Waals surface area contributed by atoms with Gasteiger partial charge in [0.25, 0.3) is 0 Å². The third-order valence-corrected chi connectivity index (χ3v) is 3.55. The molecule has 0 unspecified atom stereocenters. The van der Waals surface area contributed by atoms with E-state index in [1.807, 2.05) is 31.3 Å². The van der Waals surface area contributed by atoms with E-state index in [2.05, 4.69) is 33.0 Å². The van der Waals surface area contributed by atoms with Gasteiger partial charge in [0.2, 0.25) is 0 Å². The van der Waals surface area contributed by atoms with E-state index in [9.17, 15) is 0 Å². The third-order valence-electron chi connectivity index (χ3n) is 2.72. The first-order valence-electron chi connectivity index (χ1n) is 5.57. The number of hydrogen-bond acceptors (Lipinski definition) is 2. The van der Waals surface area contributed by atoms with Gasteiger partial charge in [-0.25, -0.2) is 0 Å². The second-order valence-electron chi connectivity index (χ2n) is 4.19. The van der Waals surface area contributed by atoms with Crippen LogP contribution in [0.1, 0.15) is 5.56 Å². The van der Waals surface area contributed by atoms with Crippen molar-refractivity contribution < 1.29 is 0 Å². The lowest BCUT2D eigenvalue weighted by molar-refractivity contribution is 0.923. The predicted molar refractivity (Wildman–Crippen MR) is 82.1 cm³/mol. The SMILES string of the molecule is CN(Cc1ccc(Br)cc1)c1ccc(N)cc1Cl. The van der Waals surface area contributed by atoms with Crippen LogP contribution in [-0.4, -0.2) is 7.05 Å². The second kappa shape index (κ2) is 5.63. The smallest absolute Gasteiger partial charge is 0.0660 e. The van der Waals surface area contributed by atoms with Crippen LogP contribution in [-0.2, 0) is 6.54 Å². The van der Waals surface area contributed by atoms with Gasteiger partial charge in [0, 0.05) is 23.8 Å².